The number of carbonyl (C=O) groups excluding carboxylic acids is 1. The van der Waals surface area contributed by atoms with Crippen molar-refractivity contribution in [2.75, 3.05) is 14.2 Å². The first kappa shape index (κ1) is 43.4. The Morgan fingerprint density at radius 3 is 2.12 bits per heavy atom. The minimum Gasteiger partial charge on any atom is -0.459 e. The Labute approximate surface area is 298 Å². The SMILES string of the molecule is CC[C@H]1OC(=O)[C@H](C)[C@@H](O[C@H]2C[C@@](C)(OC)[C@@H](O)[C@H](C)O2)[C@H](C)[C@@H](O[C@@H]2O[C@H](C)C[C@H](NC)[C@H]2O)[C@](C)(O)C[C@@H](C)[C@H](N)[C@H](C)[C@@H](O)[C@]1(C)O. The molecule has 14 nitrogen and oxygen atoms in total. The number of hydrogen-bond donors (Lipinski definition) is 7. The Balaban J connectivity index is 2.17. The Morgan fingerprint density at radius 1 is 0.940 bits per heavy atom. The predicted octanol–water partition coefficient (Wildman–Crippen LogP) is 1.20. The standard InChI is InChI=1S/C36H68N2O12/c1-13-24-36(10,44)29(40)19(4)26(37)17(2)15-34(8,43)31(50-33-27(39)23(38-11)14-18(3)46-33)20(5)28(21(6)32(42)48-24)49-25-16-35(9,45-12)30(41)22(7)47-25/h17-31,33,38-41,43-44H,13-16,37H2,1-12H3/t17-,18-,19+,20+,21-,22+,23+,24-,25+,26+,27-,28+,29-,30+,31-,33+,34-,35-,36-/m1/s1. The molecule has 0 unspecified atom stereocenters. The summed E-state index contributed by atoms with van der Waals surface area (Å²) in [4.78, 5) is 14.1. The van der Waals surface area contributed by atoms with Crippen LogP contribution in [0.2, 0.25) is 0 Å². The van der Waals surface area contributed by atoms with Crippen LogP contribution < -0.4 is 11.1 Å². The second kappa shape index (κ2) is 17.0. The lowest BCUT2D eigenvalue weighted by molar-refractivity contribution is -0.316. The maximum Gasteiger partial charge on any atom is 0.311 e. The predicted molar refractivity (Wildman–Crippen MR) is 185 cm³/mol. The summed E-state index contributed by atoms with van der Waals surface area (Å²) in [5.74, 6) is -3.57. The quantitative estimate of drug-likeness (QED) is 0.184. The van der Waals surface area contributed by atoms with E-state index in [0.717, 1.165) is 0 Å². The van der Waals surface area contributed by atoms with E-state index in [2.05, 4.69) is 5.32 Å². The number of ether oxygens (including phenoxy) is 6. The van der Waals surface area contributed by atoms with Gasteiger partial charge in [0, 0.05) is 37.5 Å². The molecule has 294 valence electrons. The van der Waals surface area contributed by atoms with Crippen LogP contribution in [-0.4, -0.2) is 136 Å². The molecule has 0 spiro atoms. The number of nitrogens with two attached hydrogens (primary N) is 1. The lowest BCUT2D eigenvalue weighted by atomic mass is 9.72. The first-order valence-electron chi connectivity index (χ1n) is 18.3. The molecule has 0 saturated carbocycles. The molecular weight excluding hydrogens is 652 g/mol. The van der Waals surface area contributed by atoms with E-state index in [9.17, 15) is 30.3 Å². The van der Waals surface area contributed by atoms with E-state index in [0.29, 0.717) is 6.42 Å². The average molecular weight is 721 g/mol. The molecule has 8 N–H and O–H groups in total. The Morgan fingerprint density at radius 2 is 1.56 bits per heavy atom. The van der Waals surface area contributed by atoms with Gasteiger partial charge < -0.3 is 65.0 Å². The summed E-state index contributed by atoms with van der Waals surface area (Å²) < 4.78 is 37.1. The van der Waals surface area contributed by atoms with Gasteiger partial charge in [-0.2, -0.15) is 0 Å². The van der Waals surface area contributed by atoms with Crippen molar-refractivity contribution in [3.05, 3.63) is 0 Å². The lowest BCUT2D eigenvalue weighted by Gasteiger charge is -2.49. The summed E-state index contributed by atoms with van der Waals surface area (Å²) in [6.45, 7) is 17.1. The fourth-order valence-corrected chi connectivity index (χ4v) is 8.43. The molecule has 3 saturated heterocycles. The number of hydrogen-bond acceptors (Lipinski definition) is 14. The molecule has 0 aromatic heterocycles. The highest BCUT2D eigenvalue weighted by atomic mass is 16.7. The van der Waals surface area contributed by atoms with Crippen molar-refractivity contribution in [3.63, 3.8) is 0 Å². The Bertz CT molecular complexity index is 1100. The highest BCUT2D eigenvalue weighted by Crippen LogP contribution is 2.41. The largest absolute Gasteiger partial charge is 0.459 e. The number of rotatable bonds is 7. The van der Waals surface area contributed by atoms with Crippen LogP contribution in [-0.2, 0) is 33.2 Å². The minimum absolute atomic E-state index is 0.0872. The van der Waals surface area contributed by atoms with E-state index in [1.807, 2.05) is 13.8 Å². The third-order valence-corrected chi connectivity index (χ3v) is 11.9. The normalized spacial score (nSPS) is 51.8. The van der Waals surface area contributed by atoms with Crippen molar-refractivity contribution < 1.29 is 58.7 Å². The van der Waals surface area contributed by atoms with Gasteiger partial charge in [0.05, 0.1) is 47.6 Å². The summed E-state index contributed by atoms with van der Waals surface area (Å²) in [5, 5.41) is 60.8. The van der Waals surface area contributed by atoms with Crippen molar-refractivity contribution in [1.82, 2.24) is 5.32 Å². The van der Waals surface area contributed by atoms with Crippen molar-refractivity contribution in [2.24, 2.45) is 29.4 Å². The van der Waals surface area contributed by atoms with Crippen LogP contribution in [0.3, 0.4) is 0 Å². The van der Waals surface area contributed by atoms with Gasteiger partial charge in [0.1, 0.15) is 23.9 Å². The second-order valence-electron chi connectivity index (χ2n) is 16.2. The first-order chi connectivity index (χ1) is 23.1. The number of esters is 1. The number of cyclic esters (lactones) is 1. The van der Waals surface area contributed by atoms with E-state index in [4.69, 9.17) is 34.2 Å². The number of aliphatic hydroxyl groups excluding tert-OH is 3. The highest BCUT2D eigenvalue weighted by molar-refractivity contribution is 5.73. The molecule has 0 amide bonds. The second-order valence-corrected chi connectivity index (χ2v) is 16.2. The molecule has 0 aromatic rings. The Hall–Kier alpha value is -1.01. The molecule has 3 heterocycles. The van der Waals surface area contributed by atoms with Gasteiger partial charge in [-0.05, 0) is 73.8 Å². The third-order valence-electron chi connectivity index (χ3n) is 11.9. The van der Waals surface area contributed by atoms with Gasteiger partial charge in [-0.3, -0.25) is 4.79 Å². The Kier molecular flexibility index (Phi) is 14.7. The van der Waals surface area contributed by atoms with Gasteiger partial charge in [0.2, 0.25) is 0 Å². The maximum atomic E-state index is 14.1. The monoisotopic (exact) mass is 720 g/mol. The summed E-state index contributed by atoms with van der Waals surface area (Å²) in [7, 11) is 3.24. The van der Waals surface area contributed by atoms with E-state index in [1.165, 1.54) is 14.0 Å². The van der Waals surface area contributed by atoms with Gasteiger partial charge in [-0.1, -0.05) is 27.7 Å². The number of carbonyl (C=O) groups is 1. The molecule has 0 aliphatic carbocycles. The van der Waals surface area contributed by atoms with Gasteiger partial charge in [-0.25, -0.2) is 0 Å². The third kappa shape index (κ3) is 9.19. The number of methoxy groups -OCH3 is 1. The van der Waals surface area contributed by atoms with Gasteiger partial charge >= 0.3 is 5.97 Å². The van der Waals surface area contributed by atoms with E-state index < -0.39 is 108 Å². The van der Waals surface area contributed by atoms with Crippen molar-refractivity contribution >= 4 is 5.97 Å². The zero-order valence-electron chi connectivity index (χ0n) is 32.2. The average Bonchev–Trinajstić information content (AvgIpc) is 3.05. The summed E-state index contributed by atoms with van der Waals surface area (Å²) in [6.07, 6.45) is -8.72. The highest BCUT2D eigenvalue weighted by Gasteiger charge is 2.53. The fourth-order valence-electron chi connectivity index (χ4n) is 8.43. The van der Waals surface area contributed by atoms with Crippen molar-refractivity contribution in [3.8, 4) is 0 Å². The first-order valence-corrected chi connectivity index (χ1v) is 18.3. The minimum atomic E-state index is -1.85. The molecule has 3 rings (SSSR count). The fraction of sp³-hybridized carbons (Fsp3) is 0.972. The van der Waals surface area contributed by atoms with E-state index in [1.54, 1.807) is 55.5 Å². The number of nitrogens with one attached hydrogen (secondary N) is 1. The molecule has 3 aliphatic heterocycles. The van der Waals surface area contributed by atoms with Gasteiger partial charge in [-0.15, -0.1) is 0 Å². The van der Waals surface area contributed by atoms with Gasteiger partial charge in [0.15, 0.2) is 12.6 Å². The lowest BCUT2D eigenvalue weighted by Crippen LogP contribution is -2.61. The molecule has 0 bridgehead atoms. The smallest absolute Gasteiger partial charge is 0.311 e. The van der Waals surface area contributed by atoms with Crippen LogP contribution in [0.5, 0.6) is 0 Å². The van der Waals surface area contributed by atoms with Crippen LogP contribution >= 0.6 is 0 Å². The van der Waals surface area contributed by atoms with Crippen LogP contribution in [0.25, 0.3) is 0 Å². The molecule has 19 atom stereocenters. The maximum absolute atomic E-state index is 14.1. The van der Waals surface area contributed by atoms with Crippen molar-refractivity contribution in [1.29, 1.82) is 0 Å². The van der Waals surface area contributed by atoms with Crippen LogP contribution in [0.15, 0.2) is 0 Å². The molecule has 3 fully saturated rings. The van der Waals surface area contributed by atoms with Crippen molar-refractivity contribution in [2.45, 2.75) is 185 Å². The molecule has 3 aliphatic rings. The molecular formula is C36H68N2O12. The zero-order chi connectivity index (χ0) is 38.1. The zero-order valence-corrected chi connectivity index (χ0v) is 32.2. The topological polar surface area (TPSA) is 212 Å². The van der Waals surface area contributed by atoms with Gasteiger partial charge in [0.25, 0.3) is 0 Å². The van der Waals surface area contributed by atoms with E-state index >= 15 is 0 Å². The van der Waals surface area contributed by atoms with E-state index in [-0.39, 0.29) is 31.4 Å². The molecule has 0 radical (unpaired) electrons. The van der Waals surface area contributed by atoms with Crippen LogP contribution in [0, 0.1) is 23.7 Å². The van der Waals surface area contributed by atoms with Crippen LogP contribution in [0.1, 0.15) is 94.9 Å². The summed E-state index contributed by atoms with van der Waals surface area (Å²) in [6, 6.07) is -1.03. The molecule has 50 heavy (non-hydrogen) atoms. The summed E-state index contributed by atoms with van der Waals surface area (Å²) in [5.41, 5.74) is 2.19. The molecule has 14 heteroatoms. The number of aliphatic hydroxyl groups is 5. The van der Waals surface area contributed by atoms with Crippen LogP contribution in [0.4, 0.5) is 0 Å². The summed E-state index contributed by atoms with van der Waals surface area (Å²) >= 11 is 0. The molecule has 0 aromatic carbocycles. The number of likely N-dealkylation sites (N-methyl/N-ethyl adjacent to an activating group) is 1.